The van der Waals surface area contributed by atoms with Gasteiger partial charge < -0.3 is 16.0 Å². The molecule has 3 aliphatic heterocycles. The minimum atomic E-state index is -0.758. The molecule has 1 saturated heterocycles. The maximum Gasteiger partial charge on any atom is 0.269 e. The number of amides is 2. The highest BCUT2D eigenvalue weighted by atomic mass is 32.2. The predicted octanol–water partition coefficient (Wildman–Crippen LogP) is 7.54. The first-order chi connectivity index (χ1) is 22.6. The number of thioether (sulfide) groups is 1. The number of benzene rings is 2. The summed E-state index contributed by atoms with van der Waals surface area (Å²) in [6.07, 6.45) is 10.4. The lowest BCUT2D eigenvalue weighted by Gasteiger charge is -2.40. The molecule has 0 aromatic heterocycles. The number of hydrogen-bond donors (Lipinski definition) is 2. The standard InChI is InChI=1S/C38H42F2N4O2S/c1-4-44-36(41)26(20-47-3)11-12-28-21(2)27(18-38-14-13-30(39)34(40)29(38)19-38)16-31(43-35(28)37(44)46)23-7-5-22(6-8-23)24-9-10-25-17-33(45)42-32(25)15-24/h5-10,13-16,21,26-29,36H,4,11-12,17-20,41H2,1-3H3,(H,42,45). The summed E-state index contributed by atoms with van der Waals surface area (Å²) in [6.45, 7) is 4.66. The number of hydrogen-bond acceptors (Lipinski definition) is 5. The van der Waals surface area contributed by atoms with E-state index in [1.165, 1.54) is 6.08 Å². The number of fused-ring (bicyclic) bond motifs is 3. The highest BCUT2D eigenvalue weighted by Gasteiger charge is 2.58. The highest BCUT2D eigenvalue weighted by molar-refractivity contribution is 7.98. The van der Waals surface area contributed by atoms with Gasteiger partial charge in [-0.2, -0.15) is 11.8 Å². The number of carbonyl (C=O) groups excluding carboxylic acids is 2. The summed E-state index contributed by atoms with van der Waals surface area (Å²) in [7, 11) is 0. The summed E-state index contributed by atoms with van der Waals surface area (Å²) < 4.78 is 28.9. The van der Waals surface area contributed by atoms with Gasteiger partial charge in [0.1, 0.15) is 11.5 Å². The molecule has 0 spiro atoms. The monoisotopic (exact) mass is 656 g/mol. The number of halogens is 2. The Morgan fingerprint density at radius 1 is 1.09 bits per heavy atom. The summed E-state index contributed by atoms with van der Waals surface area (Å²) in [5.41, 5.74) is 12.3. The molecule has 7 unspecified atom stereocenters. The number of allylic oxidation sites excluding steroid dienone is 5. The topological polar surface area (TPSA) is 87.8 Å². The summed E-state index contributed by atoms with van der Waals surface area (Å²) in [4.78, 5) is 33.2. The Bertz CT molecular complexity index is 1730. The molecule has 2 aromatic carbocycles. The molecule has 6 nitrogen and oxygen atoms in total. The van der Waals surface area contributed by atoms with Crippen LogP contribution >= 0.6 is 11.8 Å². The van der Waals surface area contributed by atoms with Crippen LogP contribution in [-0.2, 0) is 16.0 Å². The first-order valence-corrected chi connectivity index (χ1v) is 18.2. The zero-order valence-electron chi connectivity index (χ0n) is 27.1. The minimum absolute atomic E-state index is 0.00444. The van der Waals surface area contributed by atoms with Crippen LogP contribution in [0, 0.1) is 35.0 Å². The molecule has 47 heavy (non-hydrogen) atoms. The number of nitrogens with zero attached hydrogens (tertiary/aromatic N) is 2. The van der Waals surface area contributed by atoms with Crippen LogP contribution in [0.5, 0.6) is 0 Å². The zero-order valence-corrected chi connectivity index (χ0v) is 28.0. The second kappa shape index (κ2) is 12.5. The lowest BCUT2D eigenvalue weighted by Crippen LogP contribution is -2.55. The van der Waals surface area contributed by atoms with E-state index in [-0.39, 0.29) is 41.7 Å². The lowest BCUT2D eigenvalue weighted by atomic mass is 9.72. The molecule has 0 bridgehead atoms. The fourth-order valence-corrected chi connectivity index (χ4v) is 9.10. The van der Waals surface area contributed by atoms with Crippen LogP contribution in [0.3, 0.4) is 0 Å². The number of likely N-dealkylation sites (tertiary alicyclic amines) is 1. The molecule has 9 heteroatoms. The lowest BCUT2D eigenvalue weighted by molar-refractivity contribution is -0.128. The van der Waals surface area contributed by atoms with Gasteiger partial charge in [0.25, 0.3) is 5.91 Å². The Hall–Kier alpha value is -3.56. The Morgan fingerprint density at radius 3 is 2.57 bits per heavy atom. The summed E-state index contributed by atoms with van der Waals surface area (Å²) in [6, 6.07) is 14.2. The third-order valence-corrected chi connectivity index (χ3v) is 12.0. The Balaban J connectivity index is 1.26. The second-order valence-corrected chi connectivity index (χ2v) is 14.9. The molecule has 246 valence electrons. The molecule has 7 rings (SSSR count). The molecule has 1 saturated carbocycles. The van der Waals surface area contributed by atoms with Crippen molar-refractivity contribution in [3.05, 3.63) is 83.5 Å². The van der Waals surface area contributed by atoms with Crippen LogP contribution in [0.2, 0.25) is 0 Å². The molecule has 2 amide bonds. The molecule has 5 aliphatic rings. The molecule has 7 atom stereocenters. The fraction of sp³-hybridized carbons (Fsp3) is 0.447. The normalized spacial score (nSPS) is 31.6. The van der Waals surface area contributed by atoms with Crippen LogP contribution in [0.25, 0.3) is 16.8 Å². The molecule has 3 heterocycles. The zero-order chi connectivity index (χ0) is 33.0. The van der Waals surface area contributed by atoms with Gasteiger partial charge in [-0.1, -0.05) is 55.5 Å². The number of nitrogens with one attached hydrogen (secondary N) is 1. The summed E-state index contributed by atoms with van der Waals surface area (Å²) >= 11 is 1.75. The van der Waals surface area contributed by atoms with Gasteiger partial charge in [0.05, 0.1) is 18.3 Å². The van der Waals surface area contributed by atoms with Gasteiger partial charge >= 0.3 is 0 Å². The molecule has 2 aromatic rings. The third-order valence-electron chi connectivity index (χ3n) is 11.2. The van der Waals surface area contributed by atoms with E-state index in [1.807, 2.05) is 55.5 Å². The van der Waals surface area contributed by atoms with Crippen molar-refractivity contribution in [1.29, 1.82) is 0 Å². The van der Waals surface area contributed by atoms with Crippen LogP contribution < -0.4 is 11.1 Å². The van der Waals surface area contributed by atoms with Crippen LogP contribution in [-0.4, -0.2) is 47.1 Å². The molecule has 0 radical (unpaired) electrons. The van der Waals surface area contributed by atoms with Crippen molar-refractivity contribution >= 4 is 40.7 Å². The number of nitrogens with two attached hydrogens (primary N) is 1. The van der Waals surface area contributed by atoms with E-state index >= 15 is 0 Å². The van der Waals surface area contributed by atoms with Crippen molar-refractivity contribution < 1.29 is 18.4 Å². The van der Waals surface area contributed by atoms with Crippen molar-refractivity contribution in [2.45, 2.75) is 52.1 Å². The van der Waals surface area contributed by atoms with Gasteiger partial charge in [-0.3, -0.25) is 9.59 Å². The smallest absolute Gasteiger partial charge is 0.269 e. The maximum absolute atomic E-state index is 14.8. The van der Waals surface area contributed by atoms with E-state index < -0.39 is 23.0 Å². The van der Waals surface area contributed by atoms with Gasteiger partial charge in [0.2, 0.25) is 5.91 Å². The Labute approximate surface area is 279 Å². The van der Waals surface area contributed by atoms with Gasteiger partial charge in [-0.25, -0.2) is 13.8 Å². The third kappa shape index (κ3) is 5.79. The SMILES string of the molecule is CCN1C(=O)C2=NC(c3ccc(-c4ccc5c(c4)NC(=O)C5)cc3)=CC(CC34C=CC(F)=C(F)C3C4)C(C)C2CCC(CSC)C1N. The average molecular weight is 657 g/mol. The average Bonchev–Trinajstić information content (AvgIpc) is 3.70. The van der Waals surface area contributed by atoms with Gasteiger partial charge in [0.15, 0.2) is 5.83 Å². The Morgan fingerprint density at radius 2 is 1.83 bits per heavy atom. The van der Waals surface area contributed by atoms with E-state index in [1.54, 1.807) is 16.7 Å². The van der Waals surface area contributed by atoms with Crippen LogP contribution in [0.1, 0.15) is 50.7 Å². The van der Waals surface area contributed by atoms with E-state index in [0.717, 1.165) is 52.2 Å². The van der Waals surface area contributed by atoms with Gasteiger partial charge in [-0.15, -0.1) is 0 Å². The number of carbonyl (C=O) groups is 2. The largest absolute Gasteiger partial charge is 0.326 e. The second-order valence-electron chi connectivity index (χ2n) is 14.0. The quantitative estimate of drug-likeness (QED) is 0.323. The fourth-order valence-electron chi connectivity index (χ4n) is 8.31. The van der Waals surface area contributed by atoms with Crippen molar-refractivity contribution in [2.75, 3.05) is 23.9 Å². The molecular formula is C38H42F2N4O2S. The predicted molar refractivity (Wildman–Crippen MR) is 186 cm³/mol. The first kappa shape index (κ1) is 32.0. The maximum atomic E-state index is 14.8. The van der Waals surface area contributed by atoms with Gasteiger partial charge in [-0.05, 0) is 96.3 Å². The minimum Gasteiger partial charge on any atom is -0.326 e. The molecular weight excluding hydrogens is 615 g/mol. The number of anilines is 1. The van der Waals surface area contributed by atoms with E-state index in [9.17, 15) is 18.4 Å². The molecule has 3 N–H and O–H groups in total. The molecule has 2 aliphatic carbocycles. The van der Waals surface area contributed by atoms with Crippen LogP contribution in [0.4, 0.5) is 14.5 Å². The highest BCUT2D eigenvalue weighted by Crippen LogP contribution is 2.65. The van der Waals surface area contributed by atoms with Crippen LogP contribution in [0.15, 0.2) is 77.3 Å². The summed E-state index contributed by atoms with van der Waals surface area (Å²) in [5, 5.41) is 2.93. The van der Waals surface area contributed by atoms with Crippen molar-refractivity contribution in [1.82, 2.24) is 4.90 Å². The molecule has 2 fully saturated rings. The van der Waals surface area contributed by atoms with Crippen molar-refractivity contribution in [3.63, 3.8) is 0 Å². The van der Waals surface area contributed by atoms with Crippen molar-refractivity contribution in [3.8, 4) is 11.1 Å². The number of rotatable bonds is 7. The van der Waals surface area contributed by atoms with Gasteiger partial charge in [0, 0.05) is 30.0 Å². The summed E-state index contributed by atoms with van der Waals surface area (Å²) in [5.74, 6) is -0.908. The Kier molecular flexibility index (Phi) is 8.49. The first-order valence-electron chi connectivity index (χ1n) is 16.8. The number of aliphatic imine (C=N–C) groups is 1. The van der Waals surface area contributed by atoms with Crippen molar-refractivity contribution in [2.24, 2.45) is 45.7 Å². The van der Waals surface area contributed by atoms with E-state index in [0.29, 0.717) is 31.5 Å². The van der Waals surface area contributed by atoms with E-state index in [2.05, 4.69) is 24.6 Å². The van der Waals surface area contributed by atoms with E-state index in [4.69, 9.17) is 10.7 Å².